The number of sulfonamides is 1. The maximum absolute atomic E-state index is 12.7. The van der Waals surface area contributed by atoms with Crippen LogP contribution in [0.1, 0.15) is 17.0 Å². The quantitative estimate of drug-likeness (QED) is 0.561. The molecule has 0 atom stereocenters. The van der Waals surface area contributed by atoms with Crippen LogP contribution in [0.15, 0.2) is 50.3 Å². The predicted molar refractivity (Wildman–Crippen MR) is 112 cm³/mol. The van der Waals surface area contributed by atoms with Crippen molar-refractivity contribution in [2.45, 2.75) is 25.7 Å². The van der Waals surface area contributed by atoms with Gasteiger partial charge in [-0.15, -0.1) is 0 Å². The minimum absolute atomic E-state index is 0.0433. The first kappa shape index (κ1) is 21.2. The monoisotopic (exact) mass is 478 g/mol. The summed E-state index contributed by atoms with van der Waals surface area (Å²) >= 11 is 3.37. The number of nitrogens with zero attached hydrogens (tertiary/aromatic N) is 2. The Balaban J connectivity index is 1.74. The Bertz CT molecular complexity index is 1170. The van der Waals surface area contributed by atoms with E-state index in [9.17, 15) is 13.2 Å². The van der Waals surface area contributed by atoms with Crippen LogP contribution in [0.4, 0.5) is 5.69 Å². The van der Waals surface area contributed by atoms with Crippen LogP contribution < -0.4 is 10.0 Å². The van der Waals surface area contributed by atoms with E-state index in [1.54, 1.807) is 32.0 Å². The Morgan fingerprint density at radius 2 is 1.90 bits per heavy atom. The molecule has 1 heterocycles. The third kappa shape index (κ3) is 5.08. The highest BCUT2D eigenvalue weighted by molar-refractivity contribution is 9.10. The molecule has 0 bridgehead atoms. The van der Waals surface area contributed by atoms with Crippen molar-refractivity contribution in [3.05, 3.63) is 57.9 Å². The Labute approximate surface area is 176 Å². The minimum atomic E-state index is -3.93. The van der Waals surface area contributed by atoms with Gasteiger partial charge in [-0.25, -0.2) is 13.1 Å². The molecule has 3 rings (SSSR count). The largest absolute Gasteiger partial charge is 0.339 e. The van der Waals surface area contributed by atoms with E-state index in [-0.39, 0.29) is 4.90 Å². The van der Waals surface area contributed by atoms with Gasteiger partial charge in [-0.1, -0.05) is 23.4 Å². The molecule has 0 unspecified atom stereocenters. The highest BCUT2D eigenvalue weighted by atomic mass is 79.9. The zero-order chi connectivity index (χ0) is 21.2. The van der Waals surface area contributed by atoms with E-state index in [1.807, 2.05) is 19.1 Å². The Hall–Kier alpha value is -2.56. The smallest absolute Gasteiger partial charge is 0.241 e. The molecule has 10 heteroatoms. The molecule has 0 aliphatic rings. The number of aryl methyl sites for hydroxylation is 3. The van der Waals surface area contributed by atoms with Crippen molar-refractivity contribution in [2.24, 2.45) is 0 Å². The number of carbonyl (C=O) groups is 1. The fourth-order valence-corrected chi connectivity index (χ4v) is 4.44. The molecule has 8 nitrogen and oxygen atoms in total. The summed E-state index contributed by atoms with van der Waals surface area (Å²) in [5, 5.41) is 6.48. The molecule has 0 fully saturated rings. The molecule has 0 spiro atoms. The van der Waals surface area contributed by atoms with Crippen molar-refractivity contribution in [1.82, 2.24) is 14.9 Å². The molecule has 2 N–H and O–H groups in total. The zero-order valence-corrected chi connectivity index (χ0v) is 18.4. The number of rotatable bonds is 6. The molecule has 2 aromatic carbocycles. The summed E-state index contributed by atoms with van der Waals surface area (Å²) in [6.07, 6.45) is 0. The lowest BCUT2D eigenvalue weighted by molar-refractivity contribution is -0.115. The van der Waals surface area contributed by atoms with Crippen LogP contribution in [0, 0.1) is 20.8 Å². The summed E-state index contributed by atoms with van der Waals surface area (Å²) in [6.45, 7) is 4.84. The number of benzene rings is 2. The molecular weight excluding hydrogens is 460 g/mol. The van der Waals surface area contributed by atoms with Gasteiger partial charge in [0.25, 0.3) is 0 Å². The van der Waals surface area contributed by atoms with Gasteiger partial charge in [-0.3, -0.25) is 4.79 Å². The number of halogens is 1. The van der Waals surface area contributed by atoms with Crippen LogP contribution in [0.3, 0.4) is 0 Å². The van der Waals surface area contributed by atoms with Crippen LogP contribution in [0.5, 0.6) is 0 Å². The van der Waals surface area contributed by atoms with Crippen LogP contribution in [0.25, 0.3) is 11.4 Å². The Morgan fingerprint density at radius 3 is 2.55 bits per heavy atom. The fraction of sp³-hybridized carbons (Fsp3) is 0.211. The standard InChI is InChI=1S/C19H19BrN4O4S/c1-11-4-7-16(15(20)8-11)23-18(25)10-21-29(26,27)17-9-14(6-5-12(17)2)19-22-13(3)28-24-19/h4-9,21H,10H2,1-3H3,(H,23,25). The first-order chi connectivity index (χ1) is 13.7. The fourth-order valence-electron chi connectivity index (χ4n) is 2.60. The molecule has 1 amide bonds. The number of amides is 1. The van der Waals surface area contributed by atoms with Gasteiger partial charge >= 0.3 is 0 Å². The molecule has 3 aromatic rings. The third-order valence-corrected chi connectivity index (χ3v) is 6.28. The van der Waals surface area contributed by atoms with Gasteiger partial charge in [0.1, 0.15) is 0 Å². The lowest BCUT2D eigenvalue weighted by Crippen LogP contribution is -2.33. The average Bonchev–Trinajstić information content (AvgIpc) is 3.09. The van der Waals surface area contributed by atoms with Gasteiger partial charge in [0, 0.05) is 17.0 Å². The first-order valence-electron chi connectivity index (χ1n) is 8.63. The Kier molecular flexibility index (Phi) is 6.15. The molecule has 0 saturated carbocycles. The number of hydrogen-bond acceptors (Lipinski definition) is 6. The van der Waals surface area contributed by atoms with Gasteiger partial charge in [-0.05, 0) is 59.1 Å². The SMILES string of the molecule is Cc1ccc(NC(=O)CNS(=O)(=O)c2cc(-c3noc(C)n3)ccc2C)c(Br)c1. The van der Waals surface area contributed by atoms with Gasteiger partial charge in [-0.2, -0.15) is 4.98 Å². The predicted octanol–water partition coefficient (Wildman–Crippen LogP) is 3.34. The molecule has 29 heavy (non-hydrogen) atoms. The number of anilines is 1. The van der Waals surface area contributed by atoms with E-state index in [1.165, 1.54) is 6.07 Å². The first-order valence-corrected chi connectivity index (χ1v) is 10.9. The molecule has 0 radical (unpaired) electrons. The van der Waals surface area contributed by atoms with Crippen molar-refractivity contribution in [3.63, 3.8) is 0 Å². The van der Waals surface area contributed by atoms with Crippen molar-refractivity contribution in [1.29, 1.82) is 0 Å². The van der Waals surface area contributed by atoms with Crippen LogP contribution in [-0.4, -0.2) is 31.0 Å². The third-order valence-electron chi connectivity index (χ3n) is 4.08. The average molecular weight is 479 g/mol. The summed E-state index contributed by atoms with van der Waals surface area (Å²) < 4.78 is 33.5. The normalized spacial score (nSPS) is 11.4. The zero-order valence-electron chi connectivity index (χ0n) is 16.0. The van der Waals surface area contributed by atoms with Crippen molar-refractivity contribution in [3.8, 4) is 11.4 Å². The van der Waals surface area contributed by atoms with Gasteiger partial charge in [0.05, 0.1) is 17.1 Å². The number of hydrogen-bond donors (Lipinski definition) is 2. The van der Waals surface area contributed by atoms with E-state index in [0.717, 1.165) is 5.56 Å². The highest BCUT2D eigenvalue weighted by Gasteiger charge is 2.20. The topological polar surface area (TPSA) is 114 Å². The van der Waals surface area contributed by atoms with Crippen molar-refractivity contribution in [2.75, 3.05) is 11.9 Å². The summed E-state index contributed by atoms with van der Waals surface area (Å²) in [5.41, 5.74) is 2.62. The summed E-state index contributed by atoms with van der Waals surface area (Å²) in [6, 6.07) is 10.3. The molecule has 1 aromatic heterocycles. The van der Waals surface area contributed by atoms with Crippen LogP contribution in [0.2, 0.25) is 0 Å². The molecule has 0 aliphatic heterocycles. The van der Waals surface area contributed by atoms with Gasteiger partial charge < -0.3 is 9.84 Å². The summed E-state index contributed by atoms with van der Waals surface area (Å²) in [4.78, 5) is 16.4. The molecule has 0 saturated heterocycles. The van der Waals surface area contributed by atoms with Crippen LogP contribution in [-0.2, 0) is 14.8 Å². The second-order valence-corrected chi connectivity index (χ2v) is 9.06. The lowest BCUT2D eigenvalue weighted by Gasteiger charge is -2.11. The number of carbonyl (C=O) groups excluding carboxylic acids is 1. The van der Waals surface area contributed by atoms with Crippen molar-refractivity contribution >= 4 is 37.5 Å². The maximum atomic E-state index is 12.7. The van der Waals surface area contributed by atoms with E-state index < -0.39 is 22.5 Å². The van der Waals surface area contributed by atoms with E-state index in [4.69, 9.17) is 4.52 Å². The van der Waals surface area contributed by atoms with Crippen LogP contribution >= 0.6 is 15.9 Å². The van der Waals surface area contributed by atoms with Gasteiger partial charge in [0.2, 0.25) is 27.6 Å². The van der Waals surface area contributed by atoms with E-state index in [0.29, 0.717) is 33.0 Å². The second kappa shape index (κ2) is 8.44. The number of nitrogens with one attached hydrogen (secondary N) is 2. The number of aromatic nitrogens is 2. The van der Waals surface area contributed by atoms with E-state index in [2.05, 4.69) is 36.1 Å². The summed E-state index contributed by atoms with van der Waals surface area (Å²) in [5.74, 6) is 0.184. The Morgan fingerprint density at radius 1 is 1.14 bits per heavy atom. The van der Waals surface area contributed by atoms with E-state index >= 15 is 0 Å². The maximum Gasteiger partial charge on any atom is 0.241 e. The summed E-state index contributed by atoms with van der Waals surface area (Å²) in [7, 11) is -3.93. The molecule has 152 valence electrons. The molecule has 0 aliphatic carbocycles. The lowest BCUT2D eigenvalue weighted by atomic mass is 10.1. The minimum Gasteiger partial charge on any atom is -0.339 e. The second-order valence-electron chi connectivity index (χ2n) is 6.47. The van der Waals surface area contributed by atoms with Gasteiger partial charge in [0.15, 0.2) is 0 Å². The van der Waals surface area contributed by atoms with Crippen molar-refractivity contribution < 1.29 is 17.7 Å². The highest BCUT2D eigenvalue weighted by Crippen LogP contribution is 2.24. The molecular formula is C19H19BrN4O4S.